The van der Waals surface area contributed by atoms with Crippen LogP contribution in [0, 0.1) is 0 Å². The molecule has 1 N–H and O–H groups in total. The van der Waals surface area contributed by atoms with Crippen molar-refractivity contribution in [2.24, 2.45) is 0 Å². The van der Waals surface area contributed by atoms with Crippen LogP contribution in [0.1, 0.15) is 25.7 Å². The van der Waals surface area contributed by atoms with E-state index in [0.717, 1.165) is 52.2 Å². The maximum Gasteiger partial charge on any atom is 0.317 e. The number of ether oxygens (including phenoxy) is 1. The lowest BCUT2D eigenvalue weighted by Gasteiger charge is -2.22. The Morgan fingerprint density at radius 2 is 1.94 bits per heavy atom. The van der Waals surface area contributed by atoms with E-state index in [-0.39, 0.29) is 6.54 Å². The molecule has 5 nitrogen and oxygen atoms in total. The highest BCUT2D eigenvalue weighted by molar-refractivity contribution is 5.69. The Kier molecular flexibility index (Phi) is 5.41. The van der Waals surface area contributed by atoms with Gasteiger partial charge in [-0.05, 0) is 32.2 Å². The summed E-state index contributed by atoms with van der Waals surface area (Å²) >= 11 is 0. The lowest BCUT2D eigenvalue weighted by Crippen LogP contribution is -2.35. The molecule has 0 aliphatic carbocycles. The summed E-state index contributed by atoms with van der Waals surface area (Å²) in [6.07, 6.45) is 5.07. The first-order valence-electron chi connectivity index (χ1n) is 7.02. The average molecular weight is 256 g/mol. The second-order valence-corrected chi connectivity index (χ2v) is 5.29. The van der Waals surface area contributed by atoms with Crippen molar-refractivity contribution in [2.75, 3.05) is 45.9 Å². The number of hydrogen-bond acceptors (Lipinski definition) is 4. The fraction of sp³-hybridized carbons (Fsp3) is 0.923. The van der Waals surface area contributed by atoms with E-state index in [1.165, 1.54) is 12.8 Å². The summed E-state index contributed by atoms with van der Waals surface area (Å²) < 4.78 is 5.63. The summed E-state index contributed by atoms with van der Waals surface area (Å²) in [7, 11) is 0. The lowest BCUT2D eigenvalue weighted by atomic mass is 10.2. The van der Waals surface area contributed by atoms with Gasteiger partial charge in [-0.2, -0.15) is 0 Å². The van der Waals surface area contributed by atoms with Crippen LogP contribution in [0.25, 0.3) is 0 Å². The maximum atomic E-state index is 10.7. The van der Waals surface area contributed by atoms with Crippen molar-refractivity contribution >= 4 is 5.97 Å². The molecule has 2 saturated heterocycles. The van der Waals surface area contributed by atoms with Crippen LogP contribution >= 0.6 is 0 Å². The van der Waals surface area contributed by atoms with Crippen LogP contribution in [-0.2, 0) is 9.53 Å². The zero-order valence-electron chi connectivity index (χ0n) is 11.0. The van der Waals surface area contributed by atoms with E-state index in [0.29, 0.717) is 6.10 Å². The lowest BCUT2D eigenvalue weighted by molar-refractivity contribution is -0.138. The molecule has 0 saturated carbocycles. The predicted octanol–water partition coefficient (Wildman–Crippen LogP) is 0.648. The molecule has 1 atom stereocenters. The van der Waals surface area contributed by atoms with Gasteiger partial charge in [-0.15, -0.1) is 0 Å². The Morgan fingerprint density at radius 1 is 1.17 bits per heavy atom. The van der Waals surface area contributed by atoms with Gasteiger partial charge in [0, 0.05) is 32.8 Å². The third-order valence-corrected chi connectivity index (χ3v) is 3.83. The first-order chi connectivity index (χ1) is 8.74. The van der Waals surface area contributed by atoms with Crippen LogP contribution in [0.15, 0.2) is 0 Å². The third-order valence-electron chi connectivity index (χ3n) is 3.83. The molecule has 18 heavy (non-hydrogen) atoms. The number of nitrogens with zero attached hydrogens (tertiary/aromatic N) is 2. The molecule has 2 aliphatic rings. The molecule has 0 aromatic carbocycles. The normalized spacial score (nSPS) is 27.2. The van der Waals surface area contributed by atoms with E-state index in [2.05, 4.69) is 4.90 Å². The molecule has 0 spiro atoms. The number of aliphatic carboxylic acids is 1. The van der Waals surface area contributed by atoms with Crippen molar-refractivity contribution < 1.29 is 14.6 Å². The van der Waals surface area contributed by atoms with Gasteiger partial charge in [0.1, 0.15) is 0 Å². The van der Waals surface area contributed by atoms with Gasteiger partial charge in [-0.1, -0.05) is 0 Å². The van der Waals surface area contributed by atoms with Crippen molar-refractivity contribution in [3.63, 3.8) is 0 Å². The van der Waals surface area contributed by atoms with Crippen molar-refractivity contribution in [2.45, 2.75) is 31.8 Å². The van der Waals surface area contributed by atoms with Gasteiger partial charge in [0.2, 0.25) is 0 Å². The number of rotatable bonds is 5. The summed E-state index contributed by atoms with van der Waals surface area (Å²) in [6, 6.07) is 0. The smallest absolute Gasteiger partial charge is 0.317 e. The van der Waals surface area contributed by atoms with Gasteiger partial charge >= 0.3 is 5.97 Å². The largest absolute Gasteiger partial charge is 0.480 e. The Labute approximate surface area is 109 Å². The summed E-state index contributed by atoms with van der Waals surface area (Å²) in [6.45, 7) is 6.05. The van der Waals surface area contributed by atoms with Gasteiger partial charge < -0.3 is 14.7 Å². The molecule has 2 fully saturated rings. The van der Waals surface area contributed by atoms with Gasteiger partial charge in [0.25, 0.3) is 0 Å². The maximum absolute atomic E-state index is 10.7. The highest BCUT2D eigenvalue weighted by atomic mass is 16.5. The molecule has 0 aromatic rings. The van der Waals surface area contributed by atoms with Crippen LogP contribution in [0.2, 0.25) is 0 Å². The first kappa shape index (κ1) is 13.8. The summed E-state index contributed by atoms with van der Waals surface area (Å²) in [5.41, 5.74) is 0. The van der Waals surface area contributed by atoms with E-state index in [9.17, 15) is 4.79 Å². The molecular formula is C13H24N2O3. The molecule has 104 valence electrons. The minimum absolute atomic E-state index is 0.180. The van der Waals surface area contributed by atoms with Crippen LogP contribution in [-0.4, -0.2) is 72.9 Å². The van der Waals surface area contributed by atoms with Crippen molar-refractivity contribution in [3.8, 4) is 0 Å². The molecule has 0 bridgehead atoms. The predicted molar refractivity (Wildman–Crippen MR) is 68.7 cm³/mol. The number of hydrogen-bond donors (Lipinski definition) is 1. The Balaban J connectivity index is 1.66. The van der Waals surface area contributed by atoms with Crippen molar-refractivity contribution in [3.05, 3.63) is 0 Å². The molecule has 2 aliphatic heterocycles. The average Bonchev–Trinajstić information content (AvgIpc) is 2.75. The summed E-state index contributed by atoms with van der Waals surface area (Å²) in [5.74, 6) is -0.720. The fourth-order valence-electron chi connectivity index (χ4n) is 2.80. The highest BCUT2D eigenvalue weighted by Crippen LogP contribution is 2.16. The first-order valence-corrected chi connectivity index (χ1v) is 7.02. The topological polar surface area (TPSA) is 53.0 Å². The minimum atomic E-state index is -0.720. The Bertz CT molecular complexity index is 267. The van der Waals surface area contributed by atoms with Crippen LogP contribution < -0.4 is 0 Å². The van der Waals surface area contributed by atoms with Crippen molar-refractivity contribution in [1.29, 1.82) is 0 Å². The van der Waals surface area contributed by atoms with Gasteiger partial charge in [0.15, 0.2) is 0 Å². The second kappa shape index (κ2) is 7.07. The molecular weight excluding hydrogens is 232 g/mol. The second-order valence-electron chi connectivity index (χ2n) is 5.29. The zero-order valence-corrected chi connectivity index (χ0v) is 11.0. The fourth-order valence-corrected chi connectivity index (χ4v) is 2.80. The van der Waals surface area contributed by atoms with Crippen LogP contribution in [0.5, 0.6) is 0 Å². The molecule has 0 radical (unpaired) electrons. The Morgan fingerprint density at radius 3 is 2.67 bits per heavy atom. The van der Waals surface area contributed by atoms with E-state index >= 15 is 0 Å². The molecule has 0 aromatic heterocycles. The zero-order chi connectivity index (χ0) is 12.8. The van der Waals surface area contributed by atoms with Gasteiger partial charge in [-0.3, -0.25) is 9.69 Å². The quantitative estimate of drug-likeness (QED) is 0.782. The van der Waals surface area contributed by atoms with Crippen molar-refractivity contribution in [1.82, 2.24) is 9.80 Å². The van der Waals surface area contributed by atoms with E-state index < -0.39 is 5.97 Å². The molecule has 5 heteroatoms. The highest BCUT2D eigenvalue weighted by Gasteiger charge is 2.19. The molecule has 2 rings (SSSR count). The number of carbonyl (C=O) groups is 1. The van der Waals surface area contributed by atoms with E-state index in [1.807, 2.05) is 4.90 Å². The SMILES string of the molecule is O=C(O)CN1CCCN(CCC2CCCO2)CC1. The minimum Gasteiger partial charge on any atom is -0.480 e. The number of carboxylic acids is 1. The van der Waals surface area contributed by atoms with E-state index in [4.69, 9.17) is 9.84 Å². The van der Waals surface area contributed by atoms with Crippen LogP contribution in [0.4, 0.5) is 0 Å². The summed E-state index contributed by atoms with van der Waals surface area (Å²) in [4.78, 5) is 15.2. The Hall–Kier alpha value is -0.650. The molecule has 1 unspecified atom stereocenters. The summed E-state index contributed by atoms with van der Waals surface area (Å²) in [5, 5.41) is 8.80. The molecule has 0 amide bonds. The molecule has 2 heterocycles. The van der Waals surface area contributed by atoms with Gasteiger partial charge in [0.05, 0.1) is 12.6 Å². The van der Waals surface area contributed by atoms with Crippen LogP contribution in [0.3, 0.4) is 0 Å². The standard InChI is InChI=1S/C13H24N2O3/c16-13(17)11-15-6-2-5-14(8-9-15)7-4-12-3-1-10-18-12/h12H,1-11H2,(H,16,17). The monoisotopic (exact) mass is 256 g/mol. The van der Waals surface area contributed by atoms with Gasteiger partial charge in [-0.25, -0.2) is 0 Å². The third kappa shape index (κ3) is 4.55. The van der Waals surface area contributed by atoms with E-state index in [1.54, 1.807) is 0 Å². The number of carboxylic acid groups (broad SMARTS) is 1.